The van der Waals surface area contributed by atoms with Crippen LogP contribution in [0.15, 0.2) is 24.3 Å². The molecule has 0 saturated heterocycles. The van der Waals surface area contributed by atoms with Gasteiger partial charge >= 0.3 is 0 Å². The molecular formula is C15H16F2N2O. The van der Waals surface area contributed by atoms with E-state index in [4.69, 9.17) is 4.74 Å². The van der Waals surface area contributed by atoms with E-state index in [1.165, 1.54) is 6.07 Å². The van der Waals surface area contributed by atoms with E-state index >= 15 is 0 Å². The van der Waals surface area contributed by atoms with Crippen LogP contribution in [0.1, 0.15) is 16.8 Å². The number of hydrogen-bond acceptors (Lipinski definition) is 3. The van der Waals surface area contributed by atoms with Gasteiger partial charge in [-0.1, -0.05) is 0 Å². The van der Waals surface area contributed by atoms with Gasteiger partial charge in [0.15, 0.2) is 11.6 Å². The third-order valence-corrected chi connectivity index (χ3v) is 2.89. The number of hydrogen-bond donors (Lipinski definition) is 1. The SMILES string of the molecule is CNCc1c(C)cc(C)nc1Oc1ccc(F)cc1F. The molecule has 1 N–H and O–H groups in total. The van der Waals surface area contributed by atoms with E-state index in [9.17, 15) is 8.78 Å². The Balaban J connectivity index is 2.41. The maximum Gasteiger partial charge on any atom is 0.224 e. The second-order valence-corrected chi connectivity index (χ2v) is 4.57. The van der Waals surface area contributed by atoms with Crippen LogP contribution >= 0.6 is 0 Å². The van der Waals surface area contributed by atoms with Crippen LogP contribution in [0, 0.1) is 25.5 Å². The van der Waals surface area contributed by atoms with Crippen molar-refractivity contribution in [3.05, 3.63) is 52.7 Å². The molecule has 1 aromatic carbocycles. The largest absolute Gasteiger partial charge is 0.436 e. The van der Waals surface area contributed by atoms with Gasteiger partial charge < -0.3 is 10.1 Å². The number of aryl methyl sites for hydroxylation is 2. The van der Waals surface area contributed by atoms with Gasteiger partial charge in [-0.2, -0.15) is 0 Å². The van der Waals surface area contributed by atoms with E-state index in [0.29, 0.717) is 12.4 Å². The lowest BCUT2D eigenvalue weighted by Gasteiger charge is -2.14. The van der Waals surface area contributed by atoms with Gasteiger partial charge in [0.2, 0.25) is 5.88 Å². The molecule has 0 atom stereocenters. The predicted octanol–water partition coefficient (Wildman–Crippen LogP) is 3.49. The molecule has 0 spiro atoms. The van der Waals surface area contributed by atoms with Crippen LogP contribution in [0.2, 0.25) is 0 Å². The van der Waals surface area contributed by atoms with Gasteiger partial charge in [0.1, 0.15) is 5.82 Å². The maximum atomic E-state index is 13.6. The summed E-state index contributed by atoms with van der Waals surface area (Å²) in [6.45, 7) is 4.33. The predicted molar refractivity (Wildman–Crippen MR) is 72.9 cm³/mol. The van der Waals surface area contributed by atoms with Gasteiger partial charge in [0.25, 0.3) is 0 Å². The summed E-state index contributed by atoms with van der Waals surface area (Å²) >= 11 is 0. The minimum Gasteiger partial charge on any atom is -0.436 e. The second-order valence-electron chi connectivity index (χ2n) is 4.57. The first kappa shape index (κ1) is 14.4. The Morgan fingerprint density at radius 3 is 2.60 bits per heavy atom. The van der Waals surface area contributed by atoms with Crippen molar-refractivity contribution in [1.29, 1.82) is 0 Å². The molecule has 0 aliphatic carbocycles. The first-order valence-corrected chi connectivity index (χ1v) is 6.26. The van der Waals surface area contributed by atoms with Crippen molar-refractivity contribution in [2.75, 3.05) is 7.05 Å². The lowest BCUT2D eigenvalue weighted by atomic mass is 10.1. The third-order valence-electron chi connectivity index (χ3n) is 2.89. The molecule has 1 aromatic heterocycles. The van der Waals surface area contributed by atoms with E-state index in [2.05, 4.69) is 10.3 Å². The van der Waals surface area contributed by atoms with E-state index in [1.54, 1.807) is 0 Å². The van der Waals surface area contributed by atoms with E-state index in [1.807, 2.05) is 27.0 Å². The van der Waals surface area contributed by atoms with Gasteiger partial charge in [-0.05, 0) is 44.7 Å². The van der Waals surface area contributed by atoms with Gasteiger partial charge in [-0.25, -0.2) is 13.8 Å². The summed E-state index contributed by atoms with van der Waals surface area (Å²) in [5.41, 5.74) is 2.63. The van der Waals surface area contributed by atoms with Crippen molar-refractivity contribution >= 4 is 0 Å². The summed E-state index contributed by atoms with van der Waals surface area (Å²) in [4.78, 5) is 4.29. The molecule has 2 aromatic rings. The van der Waals surface area contributed by atoms with Crippen LogP contribution in [-0.4, -0.2) is 12.0 Å². The zero-order chi connectivity index (χ0) is 14.7. The minimum atomic E-state index is -0.749. The van der Waals surface area contributed by atoms with Crippen LogP contribution < -0.4 is 10.1 Å². The van der Waals surface area contributed by atoms with Gasteiger partial charge in [-0.15, -0.1) is 0 Å². The van der Waals surface area contributed by atoms with Crippen molar-refractivity contribution < 1.29 is 13.5 Å². The molecule has 3 nitrogen and oxygen atoms in total. The maximum absolute atomic E-state index is 13.6. The lowest BCUT2D eigenvalue weighted by molar-refractivity contribution is 0.416. The molecule has 0 aliphatic heterocycles. The summed E-state index contributed by atoms with van der Waals surface area (Å²) < 4.78 is 32.1. The topological polar surface area (TPSA) is 34.2 Å². The molecule has 0 fully saturated rings. The van der Waals surface area contributed by atoms with Crippen LogP contribution in [0.3, 0.4) is 0 Å². The molecule has 5 heteroatoms. The van der Waals surface area contributed by atoms with Crippen molar-refractivity contribution in [2.24, 2.45) is 0 Å². The molecule has 0 aliphatic rings. The second kappa shape index (κ2) is 5.96. The monoisotopic (exact) mass is 278 g/mol. The molecule has 1 heterocycles. The van der Waals surface area contributed by atoms with Crippen LogP contribution in [0.25, 0.3) is 0 Å². The normalized spacial score (nSPS) is 10.7. The fraction of sp³-hybridized carbons (Fsp3) is 0.267. The fourth-order valence-corrected chi connectivity index (χ4v) is 1.97. The lowest BCUT2D eigenvalue weighted by Crippen LogP contribution is -2.10. The zero-order valence-corrected chi connectivity index (χ0v) is 11.6. The highest BCUT2D eigenvalue weighted by Crippen LogP contribution is 2.28. The number of nitrogens with one attached hydrogen (secondary N) is 1. The summed E-state index contributed by atoms with van der Waals surface area (Å²) in [7, 11) is 1.81. The first-order chi connectivity index (χ1) is 9.51. The molecule has 0 unspecified atom stereocenters. The van der Waals surface area contributed by atoms with Crippen molar-refractivity contribution in [1.82, 2.24) is 10.3 Å². The summed E-state index contributed by atoms with van der Waals surface area (Å²) in [6, 6.07) is 5.13. The quantitative estimate of drug-likeness (QED) is 0.929. The van der Waals surface area contributed by atoms with Crippen LogP contribution in [0.5, 0.6) is 11.6 Å². The summed E-state index contributed by atoms with van der Waals surface area (Å²) in [6.07, 6.45) is 0. The number of aromatic nitrogens is 1. The van der Waals surface area contributed by atoms with Gasteiger partial charge in [0, 0.05) is 23.9 Å². The number of pyridine rings is 1. The number of nitrogens with zero attached hydrogens (tertiary/aromatic N) is 1. The van der Waals surface area contributed by atoms with Crippen molar-refractivity contribution in [3.8, 4) is 11.6 Å². The van der Waals surface area contributed by atoms with Gasteiger partial charge in [0.05, 0.1) is 0 Å². The van der Waals surface area contributed by atoms with Gasteiger partial charge in [-0.3, -0.25) is 0 Å². The minimum absolute atomic E-state index is 0.0405. The Kier molecular flexibility index (Phi) is 4.29. The summed E-state index contributed by atoms with van der Waals surface area (Å²) in [5.74, 6) is -1.09. The van der Waals surface area contributed by atoms with Crippen LogP contribution in [-0.2, 0) is 6.54 Å². The smallest absolute Gasteiger partial charge is 0.224 e. The fourth-order valence-electron chi connectivity index (χ4n) is 1.97. The average molecular weight is 278 g/mol. The molecule has 106 valence electrons. The third kappa shape index (κ3) is 3.11. The number of rotatable bonds is 4. The summed E-state index contributed by atoms with van der Waals surface area (Å²) in [5, 5.41) is 3.02. The van der Waals surface area contributed by atoms with Crippen molar-refractivity contribution in [2.45, 2.75) is 20.4 Å². The number of halogens is 2. The molecular weight excluding hydrogens is 262 g/mol. The molecule has 20 heavy (non-hydrogen) atoms. The average Bonchev–Trinajstić information content (AvgIpc) is 2.37. The molecule has 0 amide bonds. The first-order valence-electron chi connectivity index (χ1n) is 6.26. The molecule has 2 rings (SSSR count). The van der Waals surface area contributed by atoms with E-state index < -0.39 is 11.6 Å². The molecule has 0 bridgehead atoms. The van der Waals surface area contributed by atoms with Crippen molar-refractivity contribution in [3.63, 3.8) is 0 Å². The Morgan fingerprint density at radius 1 is 1.20 bits per heavy atom. The Morgan fingerprint density at radius 2 is 1.95 bits per heavy atom. The molecule has 0 saturated carbocycles. The van der Waals surface area contributed by atoms with E-state index in [-0.39, 0.29) is 5.75 Å². The number of ether oxygens (including phenoxy) is 1. The Hall–Kier alpha value is -2.01. The molecule has 0 radical (unpaired) electrons. The van der Waals surface area contributed by atoms with Crippen LogP contribution in [0.4, 0.5) is 8.78 Å². The standard InChI is InChI=1S/C15H16F2N2O/c1-9-6-10(2)19-15(12(9)8-18-3)20-14-5-4-11(16)7-13(14)17/h4-7,18H,8H2,1-3H3. The Bertz CT molecular complexity index is 630. The Labute approximate surface area is 116 Å². The number of benzene rings is 1. The highest BCUT2D eigenvalue weighted by atomic mass is 19.1. The van der Waals surface area contributed by atoms with E-state index in [0.717, 1.165) is 29.0 Å². The highest BCUT2D eigenvalue weighted by Gasteiger charge is 2.13. The highest BCUT2D eigenvalue weighted by molar-refractivity contribution is 5.39. The zero-order valence-electron chi connectivity index (χ0n) is 11.6.